The van der Waals surface area contributed by atoms with Crippen molar-refractivity contribution in [2.24, 2.45) is 5.84 Å². The van der Waals surface area contributed by atoms with Gasteiger partial charge in [0, 0.05) is 19.8 Å². The molecule has 0 aliphatic carbocycles. The highest BCUT2D eigenvalue weighted by atomic mass is 16.5. The standard InChI is InChI=1S/C15H26N2O/c1-15(2,3)13-7-5-12(6-8-13)11-14(17-16)9-10-18-4/h5-8,14,17H,9-11,16H2,1-4H3. The second-order valence-electron chi connectivity index (χ2n) is 5.80. The van der Waals surface area contributed by atoms with Gasteiger partial charge >= 0.3 is 0 Å². The first-order chi connectivity index (χ1) is 8.47. The molecule has 0 aromatic heterocycles. The summed E-state index contributed by atoms with van der Waals surface area (Å²) in [6.07, 6.45) is 1.86. The third-order valence-corrected chi connectivity index (χ3v) is 3.21. The molecule has 0 radical (unpaired) electrons. The predicted octanol–water partition coefficient (Wildman–Crippen LogP) is 2.40. The topological polar surface area (TPSA) is 47.3 Å². The molecule has 1 unspecified atom stereocenters. The fraction of sp³-hybridized carbons (Fsp3) is 0.600. The van der Waals surface area contributed by atoms with E-state index in [-0.39, 0.29) is 11.5 Å². The van der Waals surface area contributed by atoms with Gasteiger partial charge in [0.2, 0.25) is 0 Å². The number of hydrazine groups is 1. The van der Waals surface area contributed by atoms with Crippen molar-refractivity contribution >= 4 is 0 Å². The van der Waals surface area contributed by atoms with Crippen LogP contribution in [0.4, 0.5) is 0 Å². The largest absolute Gasteiger partial charge is 0.385 e. The van der Waals surface area contributed by atoms with Crippen LogP contribution in [0.2, 0.25) is 0 Å². The molecule has 0 saturated carbocycles. The molecule has 0 bridgehead atoms. The normalized spacial score (nSPS) is 13.6. The van der Waals surface area contributed by atoms with Gasteiger partial charge in [-0.2, -0.15) is 0 Å². The summed E-state index contributed by atoms with van der Waals surface area (Å²) in [4.78, 5) is 0. The van der Waals surface area contributed by atoms with Crippen molar-refractivity contribution in [3.8, 4) is 0 Å². The van der Waals surface area contributed by atoms with E-state index in [2.05, 4.69) is 50.5 Å². The number of hydrogen-bond donors (Lipinski definition) is 2. The summed E-state index contributed by atoms with van der Waals surface area (Å²) in [5.41, 5.74) is 5.73. The van der Waals surface area contributed by atoms with E-state index in [4.69, 9.17) is 10.6 Å². The Kier molecular flexibility index (Phi) is 5.79. The maximum absolute atomic E-state index is 5.55. The molecule has 1 aromatic carbocycles. The average molecular weight is 250 g/mol. The minimum absolute atomic E-state index is 0.208. The van der Waals surface area contributed by atoms with Crippen LogP contribution in [-0.2, 0) is 16.6 Å². The lowest BCUT2D eigenvalue weighted by Gasteiger charge is -2.20. The van der Waals surface area contributed by atoms with Crippen molar-refractivity contribution in [1.82, 2.24) is 5.43 Å². The lowest BCUT2D eigenvalue weighted by atomic mass is 9.86. The minimum atomic E-state index is 0.208. The molecule has 0 aliphatic heterocycles. The maximum atomic E-state index is 5.55. The molecule has 3 nitrogen and oxygen atoms in total. The molecule has 0 heterocycles. The van der Waals surface area contributed by atoms with E-state index in [9.17, 15) is 0 Å². The highest BCUT2D eigenvalue weighted by Gasteiger charge is 2.13. The summed E-state index contributed by atoms with van der Waals surface area (Å²) in [5.74, 6) is 5.55. The van der Waals surface area contributed by atoms with Crippen LogP contribution in [0.5, 0.6) is 0 Å². The van der Waals surface area contributed by atoms with Crippen LogP contribution in [-0.4, -0.2) is 19.8 Å². The third-order valence-electron chi connectivity index (χ3n) is 3.21. The van der Waals surface area contributed by atoms with Crippen molar-refractivity contribution in [3.05, 3.63) is 35.4 Å². The number of rotatable bonds is 6. The SMILES string of the molecule is COCCC(Cc1ccc(C(C)(C)C)cc1)NN. The summed E-state index contributed by atoms with van der Waals surface area (Å²) in [7, 11) is 1.71. The third kappa shape index (κ3) is 4.77. The quantitative estimate of drug-likeness (QED) is 0.602. The van der Waals surface area contributed by atoms with Gasteiger partial charge in [-0.05, 0) is 29.4 Å². The Balaban J connectivity index is 2.62. The molecule has 0 saturated heterocycles. The predicted molar refractivity (Wildman–Crippen MR) is 76.5 cm³/mol. The Morgan fingerprint density at radius 2 is 1.83 bits per heavy atom. The first-order valence-corrected chi connectivity index (χ1v) is 6.52. The molecular weight excluding hydrogens is 224 g/mol. The Hall–Kier alpha value is -0.900. The van der Waals surface area contributed by atoms with Gasteiger partial charge in [0.15, 0.2) is 0 Å². The summed E-state index contributed by atoms with van der Waals surface area (Å²) in [6.45, 7) is 7.41. The number of nitrogens with two attached hydrogens (primary N) is 1. The zero-order valence-electron chi connectivity index (χ0n) is 12.0. The lowest BCUT2D eigenvalue weighted by Crippen LogP contribution is -2.37. The lowest BCUT2D eigenvalue weighted by molar-refractivity contribution is 0.182. The van der Waals surface area contributed by atoms with Crippen LogP contribution in [0.25, 0.3) is 0 Å². The smallest absolute Gasteiger partial charge is 0.0477 e. The van der Waals surface area contributed by atoms with Crippen molar-refractivity contribution in [1.29, 1.82) is 0 Å². The number of hydrogen-bond acceptors (Lipinski definition) is 3. The molecule has 1 rings (SSSR count). The van der Waals surface area contributed by atoms with Crippen molar-refractivity contribution in [2.45, 2.75) is 45.1 Å². The fourth-order valence-corrected chi connectivity index (χ4v) is 1.93. The average Bonchev–Trinajstić information content (AvgIpc) is 2.34. The second-order valence-corrected chi connectivity index (χ2v) is 5.80. The molecular formula is C15H26N2O. The van der Waals surface area contributed by atoms with Crippen LogP contribution >= 0.6 is 0 Å². The van der Waals surface area contributed by atoms with E-state index in [0.717, 1.165) is 19.4 Å². The molecule has 18 heavy (non-hydrogen) atoms. The molecule has 0 fully saturated rings. The van der Waals surface area contributed by atoms with E-state index in [1.54, 1.807) is 7.11 Å². The highest BCUT2D eigenvalue weighted by molar-refractivity contribution is 5.27. The van der Waals surface area contributed by atoms with Gasteiger partial charge in [-0.15, -0.1) is 0 Å². The van der Waals surface area contributed by atoms with Crippen molar-refractivity contribution in [3.63, 3.8) is 0 Å². The van der Waals surface area contributed by atoms with E-state index >= 15 is 0 Å². The van der Waals surface area contributed by atoms with Gasteiger partial charge in [0.05, 0.1) is 0 Å². The zero-order valence-corrected chi connectivity index (χ0v) is 12.0. The van der Waals surface area contributed by atoms with E-state index < -0.39 is 0 Å². The number of ether oxygens (including phenoxy) is 1. The summed E-state index contributed by atoms with van der Waals surface area (Å²) in [6, 6.07) is 9.07. The van der Waals surface area contributed by atoms with E-state index in [1.165, 1.54) is 11.1 Å². The summed E-state index contributed by atoms with van der Waals surface area (Å²) >= 11 is 0. The number of nitrogens with one attached hydrogen (secondary N) is 1. The molecule has 1 atom stereocenters. The van der Waals surface area contributed by atoms with Crippen LogP contribution in [0, 0.1) is 0 Å². The summed E-state index contributed by atoms with van der Waals surface area (Å²) in [5, 5.41) is 0. The Morgan fingerprint density at radius 3 is 2.28 bits per heavy atom. The fourth-order valence-electron chi connectivity index (χ4n) is 1.93. The first kappa shape index (κ1) is 15.2. The highest BCUT2D eigenvalue weighted by Crippen LogP contribution is 2.22. The minimum Gasteiger partial charge on any atom is -0.385 e. The summed E-state index contributed by atoms with van der Waals surface area (Å²) < 4.78 is 5.08. The van der Waals surface area contributed by atoms with Gasteiger partial charge in [-0.1, -0.05) is 45.0 Å². The Morgan fingerprint density at radius 1 is 1.22 bits per heavy atom. The van der Waals surface area contributed by atoms with Crippen molar-refractivity contribution in [2.75, 3.05) is 13.7 Å². The molecule has 0 spiro atoms. The molecule has 3 heteroatoms. The van der Waals surface area contributed by atoms with Gasteiger partial charge in [0.25, 0.3) is 0 Å². The van der Waals surface area contributed by atoms with Crippen molar-refractivity contribution < 1.29 is 4.74 Å². The number of methoxy groups -OCH3 is 1. The molecule has 0 amide bonds. The maximum Gasteiger partial charge on any atom is 0.0477 e. The van der Waals surface area contributed by atoms with E-state index in [1.807, 2.05) is 0 Å². The van der Waals surface area contributed by atoms with Gasteiger partial charge in [-0.3, -0.25) is 11.3 Å². The second kappa shape index (κ2) is 6.88. The van der Waals surface area contributed by atoms with Gasteiger partial charge in [0.1, 0.15) is 0 Å². The zero-order chi connectivity index (χ0) is 13.6. The van der Waals surface area contributed by atoms with Crippen LogP contribution in [0.3, 0.4) is 0 Å². The van der Waals surface area contributed by atoms with Crippen LogP contribution in [0.15, 0.2) is 24.3 Å². The number of benzene rings is 1. The van der Waals surface area contributed by atoms with Crippen LogP contribution in [0.1, 0.15) is 38.3 Å². The van der Waals surface area contributed by atoms with Gasteiger partial charge in [-0.25, -0.2) is 0 Å². The molecule has 3 N–H and O–H groups in total. The van der Waals surface area contributed by atoms with Crippen LogP contribution < -0.4 is 11.3 Å². The molecule has 0 aliphatic rings. The first-order valence-electron chi connectivity index (χ1n) is 6.52. The Bertz CT molecular complexity index is 341. The molecule has 1 aromatic rings. The monoisotopic (exact) mass is 250 g/mol. The molecule has 102 valence electrons. The Labute approximate surface area is 111 Å². The van der Waals surface area contributed by atoms with E-state index in [0.29, 0.717) is 0 Å². The van der Waals surface area contributed by atoms with Gasteiger partial charge < -0.3 is 4.74 Å².